The van der Waals surface area contributed by atoms with Crippen LogP contribution >= 0.6 is 31.9 Å². The first-order valence-corrected chi connectivity index (χ1v) is 24.9. The van der Waals surface area contributed by atoms with Crippen LogP contribution in [0.4, 0.5) is 0 Å². The number of hydrogen-bond donors (Lipinski definition) is 0. The van der Waals surface area contributed by atoms with Gasteiger partial charge in [-0.1, -0.05) is 0 Å². The Hall–Kier alpha value is -1.000. The second-order valence-electron chi connectivity index (χ2n) is 11.1. The first kappa shape index (κ1) is 33.9. The molecule has 0 radical (unpaired) electrons. The van der Waals surface area contributed by atoms with Crippen molar-refractivity contribution >= 4 is 49.4 Å². The maximum absolute atomic E-state index is 3.71. The maximum atomic E-state index is 3.71. The molecule has 0 bridgehead atoms. The van der Waals surface area contributed by atoms with Crippen LogP contribution < -0.4 is 24.8 Å². The average molecular weight is 817 g/mol. The molecule has 0 fully saturated rings. The standard InChI is InChI=1S/2C17H14Br.C2H6Si.2ClH.Zr/c2*1-2-12-9-13-6-4-8-16(17(13)10-12)14-5-3-7-15(18)11-14;1-3-2;;;/h2*3-11H,2H2,1H3;1-2H3;2*1H;/q;;;;;+2/p-2. The Morgan fingerprint density at radius 3 is 1.38 bits per heavy atom. The van der Waals surface area contributed by atoms with Gasteiger partial charge in [-0.05, 0) is 0 Å². The molecule has 0 amide bonds. The van der Waals surface area contributed by atoms with Gasteiger partial charge in [-0.3, -0.25) is 0 Å². The van der Waals surface area contributed by atoms with E-state index in [9.17, 15) is 0 Å². The van der Waals surface area contributed by atoms with Crippen LogP contribution in [-0.2, 0) is 20.4 Å². The molecule has 2 aliphatic rings. The predicted octanol–water partition coefficient (Wildman–Crippen LogP) is 5.82. The maximum Gasteiger partial charge on any atom is -1.00 e. The van der Waals surface area contributed by atoms with Crippen molar-refractivity contribution in [1.29, 1.82) is 0 Å². The summed E-state index contributed by atoms with van der Waals surface area (Å²) in [5.74, 6) is 0. The number of benzene rings is 4. The normalized spacial score (nSPS) is 16.2. The molecule has 0 saturated carbocycles. The molecule has 0 N–H and O–H groups in total. The summed E-state index contributed by atoms with van der Waals surface area (Å²) < 4.78 is 3.59. The third-order valence-electron chi connectivity index (χ3n) is 8.59. The summed E-state index contributed by atoms with van der Waals surface area (Å²) >= 11 is 5.28. The molecule has 2 atom stereocenters. The van der Waals surface area contributed by atoms with Gasteiger partial charge < -0.3 is 24.8 Å². The molecule has 0 aliphatic heterocycles. The van der Waals surface area contributed by atoms with E-state index in [2.05, 4.69) is 156 Å². The molecule has 4 aromatic rings. The van der Waals surface area contributed by atoms with E-state index in [0.717, 1.165) is 21.8 Å². The van der Waals surface area contributed by atoms with Crippen molar-refractivity contribution in [3.05, 3.63) is 127 Å². The minimum Gasteiger partial charge on any atom is -1.00 e. The molecule has 0 aromatic heterocycles. The average Bonchev–Trinajstić information content (AvgIpc) is 3.51. The third kappa shape index (κ3) is 6.24. The Bertz CT molecular complexity index is 1620. The van der Waals surface area contributed by atoms with Gasteiger partial charge in [-0.2, -0.15) is 0 Å². The molecule has 2 aliphatic carbocycles. The van der Waals surface area contributed by atoms with Crippen LogP contribution in [-0.4, -0.2) is 5.43 Å². The van der Waals surface area contributed by atoms with Crippen LogP contribution in [0.15, 0.2) is 105 Å². The number of rotatable bonds is 6. The summed E-state index contributed by atoms with van der Waals surface area (Å²) in [7, 11) is 0. The number of halogens is 4. The minimum atomic E-state index is -2.14. The largest absolute Gasteiger partial charge is 1.00 e. The van der Waals surface area contributed by atoms with Gasteiger partial charge in [0, 0.05) is 0 Å². The van der Waals surface area contributed by atoms with Gasteiger partial charge in [-0.15, -0.1) is 0 Å². The topological polar surface area (TPSA) is 0 Å². The molecule has 0 spiro atoms. The fraction of sp³-hybridized carbons (Fsp3) is 0.222. The van der Waals surface area contributed by atoms with E-state index >= 15 is 0 Å². The SMILES string of the molecule is CCC1=Cc2c(-c3cccc(Br)c3)cccc2[CH]1[Zr+2]([CH]1C(CC)=Cc2c(-c3cccc(Br)c3)cccc21)=[Si](C)C.[Cl-].[Cl-]. The second-order valence-corrected chi connectivity index (χ2v) is 30.8. The van der Waals surface area contributed by atoms with Crippen LogP contribution in [0.25, 0.3) is 34.4 Å². The van der Waals surface area contributed by atoms with Crippen molar-refractivity contribution in [3.8, 4) is 22.3 Å². The van der Waals surface area contributed by atoms with Gasteiger partial charge in [0.05, 0.1) is 0 Å². The molecule has 0 nitrogen and oxygen atoms in total. The zero-order chi connectivity index (χ0) is 28.0. The van der Waals surface area contributed by atoms with E-state index in [1.807, 2.05) is 0 Å². The van der Waals surface area contributed by atoms with Crippen molar-refractivity contribution < 1.29 is 45.2 Å². The molecule has 0 saturated heterocycles. The van der Waals surface area contributed by atoms with E-state index in [1.165, 1.54) is 33.4 Å². The van der Waals surface area contributed by atoms with Gasteiger partial charge in [-0.25, -0.2) is 0 Å². The summed E-state index contributed by atoms with van der Waals surface area (Å²) in [5, 5.41) is 0. The third-order valence-corrected chi connectivity index (χ3v) is 29.1. The van der Waals surface area contributed by atoms with Crippen molar-refractivity contribution in [2.75, 3.05) is 0 Å². The summed E-state index contributed by atoms with van der Waals surface area (Å²) in [6.07, 6.45) is 7.45. The van der Waals surface area contributed by atoms with Crippen molar-refractivity contribution in [1.82, 2.24) is 0 Å². The zero-order valence-corrected chi connectivity index (χ0v) is 32.5. The van der Waals surface area contributed by atoms with Gasteiger partial charge in [0.1, 0.15) is 0 Å². The van der Waals surface area contributed by atoms with Crippen molar-refractivity contribution in [3.63, 3.8) is 0 Å². The van der Waals surface area contributed by atoms with Crippen LogP contribution in [0.2, 0.25) is 13.1 Å². The van der Waals surface area contributed by atoms with Crippen molar-refractivity contribution in [2.45, 2.75) is 47.0 Å². The summed E-state index contributed by atoms with van der Waals surface area (Å²) in [5.41, 5.74) is 14.5. The van der Waals surface area contributed by atoms with E-state index in [4.69, 9.17) is 0 Å². The fourth-order valence-corrected chi connectivity index (χ4v) is 28.4. The Labute approximate surface area is 288 Å². The minimum absolute atomic E-state index is 0. The molecule has 0 heterocycles. The van der Waals surface area contributed by atoms with E-state index in [0.29, 0.717) is 7.25 Å². The second kappa shape index (κ2) is 14.4. The number of allylic oxidation sites excluding steroid dienone is 2. The smallest absolute Gasteiger partial charge is 1.00 e. The summed E-state index contributed by atoms with van der Waals surface area (Å²) in [6, 6.07) is 31.8. The van der Waals surface area contributed by atoms with Crippen LogP contribution in [0.1, 0.15) is 56.2 Å². The van der Waals surface area contributed by atoms with Crippen LogP contribution in [0.3, 0.4) is 0 Å². The van der Waals surface area contributed by atoms with Crippen molar-refractivity contribution in [2.24, 2.45) is 0 Å². The zero-order valence-electron chi connectivity index (χ0n) is 24.3. The van der Waals surface area contributed by atoms with Crippen LogP contribution in [0, 0.1) is 0 Å². The van der Waals surface area contributed by atoms with Crippen LogP contribution in [0.5, 0.6) is 0 Å². The molecule has 42 heavy (non-hydrogen) atoms. The quantitative estimate of drug-likeness (QED) is 0.216. The fourth-order valence-electron chi connectivity index (χ4n) is 6.84. The van der Waals surface area contributed by atoms with E-state index < -0.39 is 25.8 Å². The van der Waals surface area contributed by atoms with E-state index in [1.54, 1.807) is 22.3 Å². The molecule has 214 valence electrons. The molecule has 6 rings (SSSR count). The Balaban J connectivity index is 0.00000202. The summed E-state index contributed by atoms with van der Waals surface area (Å²) in [4.78, 5) is 0. The first-order valence-electron chi connectivity index (χ1n) is 14.3. The Morgan fingerprint density at radius 2 is 1.02 bits per heavy atom. The molecule has 6 heteroatoms. The molecule has 2 unspecified atom stereocenters. The Kier molecular flexibility index (Phi) is 11.6. The summed E-state index contributed by atoms with van der Waals surface area (Å²) in [6.45, 7) is 10.0. The van der Waals surface area contributed by atoms with Gasteiger partial charge in [0.15, 0.2) is 0 Å². The molecule has 4 aromatic carbocycles. The monoisotopic (exact) mass is 812 g/mol. The first-order chi connectivity index (χ1) is 19.4. The van der Waals surface area contributed by atoms with Gasteiger partial charge in [0.2, 0.25) is 0 Å². The molecular weight excluding hydrogens is 782 g/mol. The van der Waals surface area contributed by atoms with Gasteiger partial charge >= 0.3 is 266 Å². The van der Waals surface area contributed by atoms with Gasteiger partial charge in [0.25, 0.3) is 0 Å². The number of hydrogen-bond acceptors (Lipinski definition) is 0. The Morgan fingerprint density at radius 1 is 0.619 bits per heavy atom. The van der Waals surface area contributed by atoms with E-state index in [-0.39, 0.29) is 24.8 Å². The number of fused-ring (bicyclic) bond motifs is 2. The molecular formula is C36H34Br2Cl2SiZr. The predicted molar refractivity (Wildman–Crippen MR) is 179 cm³/mol.